The molecule has 0 amide bonds. The summed E-state index contributed by atoms with van der Waals surface area (Å²) < 4.78 is 18.9. The molecule has 4 aromatic rings. The molecular weight excluding hydrogens is 548 g/mol. The lowest BCUT2D eigenvalue weighted by Gasteiger charge is -2.25. The number of rotatable bonds is 8. The highest BCUT2D eigenvalue weighted by Gasteiger charge is 2.34. The summed E-state index contributed by atoms with van der Waals surface area (Å²) in [6.07, 6.45) is 1.81. The molecule has 0 fully saturated rings. The number of carbonyl (C=O) groups excluding carboxylic acids is 1. The van der Waals surface area contributed by atoms with Crippen molar-refractivity contribution in [2.24, 2.45) is 4.99 Å². The summed E-state index contributed by atoms with van der Waals surface area (Å²) >= 11 is 7.49. The van der Waals surface area contributed by atoms with Crippen molar-refractivity contribution in [3.63, 3.8) is 0 Å². The maximum Gasteiger partial charge on any atom is 0.338 e. The van der Waals surface area contributed by atoms with Gasteiger partial charge in [-0.05, 0) is 49.8 Å². The van der Waals surface area contributed by atoms with Crippen molar-refractivity contribution in [3.05, 3.63) is 125 Å². The Labute approximate surface area is 240 Å². The summed E-state index contributed by atoms with van der Waals surface area (Å²) in [5.74, 6) is 0.733. The van der Waals surface area contributed by atoms with Gasteiger partial charge >= 0.3 is 5.97 Å². The van der Waals surface area contributed by atoms with E-state index in [0.717, 1.165) is 11.1 Å². The molecule has 40 heavy (non-hydrogen) atoms. The third-order valence-corrected chi connectivity index (χ3v) is 7.83. The Bertz CT molecular complexity index is 1770. The average molecular weight is 575 g/mol. The fourth-order valence-corrected chi connectivity index (χ4v) is 5.80. The van der Waals surface area contributed by atoms with Crippen molar-refractivity contribution in [3.8, 4) is 11.5 Å². The maximum absolute atomic E-state index is 13.8. The highest BCUT2D eigenvalue weighted by molar-refractivity contribution is 7.07. The number of allylic oxidation sites excluding steroid dienone is 1. The van der Waals surface area contributed by atoms with Crippen molar-refractivity contribution in [1.82, 2.24) is 4.57 Å². The number of hydrogen-bond acceptors (Lipinski definition) is 7. The number of esters is 1. The van der Waals surface area contributed by atoms with Gasteiger partial charge in [-0.1, -0.05) is 71.5 Å². The molecule has 1 aromatic heterocycles. The lowest BCUT2D eigenvalue weighted by atomic mass is 9.95. The van der Waals surface area contributed by atoms with Crippen LogP contribution in [-0.4, -0.2) is 24.3 Å². The molecule has 0 unspecified atom stereocenters. The van der Waals surface area contributed by atoms with Crippen molar-refractivity contribution < 1.29 is 19.0 Å². The van der Waals surface area contributed by atoms with E-state index in [-0.39, 0.29) is 12.2 Å². The molecule has 204 valence electrons. The quantitative estimate of drug-likeness (QED) is 0.276. The molecule has 9 heteroatoms. The topological polar surface area (TPSA) is 79.1 Å². The van der Waals surface area contributed by atoms with Crippen LogP contribution in [-0.2, 0) is 16.1 Å². The van der Waals surface area contributed by atoms with Gasteiger partial charge in [0.05, 0.1) is 29.5 Å². The van der Waals surface area contributed by atoms with Crippen molar-refractivity contribution in [2.75, 3.05) is 13.7 Å². The van der Waals surface area contributed by atoms with Crippen LogP contribution in [0.4, 0.5) is 0 Å². The average Bonchev–Trinajstić information content (AvgIpc) is 3.26. The number of halogens is 1. The van der Waals surface area contributed by atoms with Gasteiger partial charge in [-0.2, -0.15) is 0 Å². The number of ether oxygens (including phenoxy) is 3. The first-order valence-electron chi connectivity index (χ1n) is 12.7. The van der Waals surface area contributed by atoms with Gasteiger partial charge in [-0.15, -0.1) is 0 Å². The predicted octanol–water partition coefficient (Wildman–Crippen LogP) is 5.04. The number of methoxy groups -OCH3 is 1. The van der Waals surface area contributed by atoms with E-state index in [9.17, 15) is 9.59 Å². The molecule has 3 aromatic carbocycles. The molecule has 7 nitrogen and oxygen atoms in total. The van der Waals surface area contributed by atoms with Gasteiger partial charge < -0.3 is 14.2 Å². The summed E-state index contributed by atoms with van der Waals surface area (Å²) in [6, 6.07) is 21.6. The molecule has 5 rings (SSSR count). The summed E-state index contributed by atoms with van der Waals surface area (Å²) in [5, 5.41) is 0.655. The lowest BCUT2D eigenvalue weighted by Crippen LogP contribution is -2.40. The Hall–Kier alpha value is -4.14. The Morgan fingerprint density at radius 1 is 1.07 bits per heavy atom. The molecule has 1 aliphatic rings. The van der Waals surface area contributed by atoms with Crippen LogP contribution >= 0.6 is 22.9 Å². The van der Waals surface area contributed by atoms with Crippen LogP contribution in [0.2, 0.25) is 5.02 Å². The molecule has 0 spiro atoms. The van der Waals surface area contributed by atoms with E-state index >= 15 is 0 Å². The zero-order valence-corrected chi connectivity index (χ0v) is 23.8. The molecule has 0 radical (unpaired) electrons. The van der Waals surface area contributed by atoms with Gasteiger partial charge in [0.1, 0.15) is 24.1 Å². The maximum atomic E-state index is 13.8. The predicted molar refractivity (Wildman–Crippen MR) is 156 cm³/mol. The van der Waals surface area contributed by atoms with Crippen LogP contribution in [0.15, 0.2) is 93.9 Å². The number of carbonyl (C=O) groups is 1. The molecule has 0 N–H and O–H groups in total. The fourth-order valence-electron chi connectivity index (χ4n) is 4.57. The molecular formula is C31H27ClN2O5S. The smallest absolute Gasteiger partial charge is 0.338 e. The zero-order valence-electron chi connectivity index (χ0n) is 22.2. The Morgan fingerprint density at radius 3 is 2.52 bits per heavy atom. The SMILES string of the molecule is CCOC(=O)C1=C(C)N=c2s/c(=C/c3ccc(OCc4ccccc4Cl)cc3)c(=O)n2[C@H]1c1ccccc1OC. The second kappa shape index (κ2) is 11.9. The molecule has 1 aliphatic heterocycles. The van der Waals surface area contributed by atoms with Crippen molar-refractivity contribution in [1.29, 1.82) is 0 Å². The van der Waals surface area contributed by atoms with Gasteiger partial charge in [0, 0.05) is 16.1 Å². The van der Waals surface area contributed by atoms with E-state index in [2.05, 4.69) is 4.99 Å². The monoisotopic (exact) mass is 574 g/mol. The summed E-state index contributed by atoms with van der Waals surface area (Å²) in [7, 11) is 1.56. The lowest BCUT2D eigenvalue weighted by molar-refractivity contribution is -0.139. The van der Waals surface area contributed by atoms with E-state index in [1.165, 1.54) is 11.3 Å². The Morgan fingerprint density at radius 2 is 1.80 bits per heavy atom. The van der Waals surface area contributed by atoms with Crippen LogP contribution in [0.5, 0.6) is 11.5 Å². The number of benzene rings is 3. The van der Waals surface area contributed by atoms with Crippen LogP contribution < -0.4 is 24.4 Å². The molecule has 0 aliphatic carbocycles. The Kier molecular flexibility index (Phi) is 8.19. The largest absolute Gasteiger partial charge is 0.496 e. The summed E-state index contributed by atoms with van der Waals surface area (Å²) in [4.78, 5) is 32.0. The van der Waals surface area contributed by atoms with Gasteiger partial charge in [-0.3, -0.25) is 9.36 Å². The first-order valence-corrected chi connectivity index (χ1v) is 13.9. The minimum atomic E-state index is -0.741. The van der Waals surface area contributed by atoms with E-state index in [1.807, 2.05) is 72.8 Å². The zero-order chi connectivity index (χ0) is 28.2. The van der Waals surface area contributed by atoms with E-state index in [0.29, 0.717) is 49.3 Å². The number of fused-ring (bicyclic) bond motifs is 1. The van der Waals surface area contributed by atoms with Crippen LogP contribution in [0, 0.1) is 0 Å². The second-order valence-corrected chi connectivity index (χ2v) is 10.4. The fraction of sp³-hybridized carbons (Fsp3) is 0.194. The van der Waals surface area contributed by atoms with Gasteiger partial charge in [0.2, 0.25) is 0 Å². The first-order chi connectivity index (χ1) is 19.4. The van der Waals surface area contributed by atoms with Crippen molar-refractivity contribution >= 4 is 35.0 Å². The van der Waals surface area contributed by atoms with Gasteiger partial charge in [0.15, 0.2) is 4.80 Å². The highest BCUT2D eigenvalue weighted by atomic mass is 35.5. The molecule has 0 bridgehead atoms. The molecule has 0 saturated heterocycles. The number of aromatic nitrogens is 1. The normalized spacial score (nSPS) is 14.9. The third-order valence-electron chi connectivity index (χ3n) is 6.48. The van der Waals surface area contributed by atoms with E-state index < -0.39 is 12.0 Å². The number of nitrogens with zero attached hydrogens (tertiary/aromatic N) is 2. The standard InChI is InChI=1S/C31H27ClN2O5S/c1-4-38-30(36)27-19(2)33-31-34(28(27)23-10-6-8-12-25(23)37-3)29(35)26(40-31)17-20-13-15-22(16-14-20)39-18-21-9-5-7-11-24(21)32/h5-17,28H,4,18H2,1-3H3/b26-17+/t28-/m0/s1. The summed E-state index contributed by atoms with van der Waals surface area (Å²) in [5.41, 5.74) is 2.96. The van der Waals surface area contributed by atoms with Gasteiger partial charge in [0.25, 0.3) is 5.56 Å². The van der Waals surface area contributed by atoms with Crippen molar-refractivity contribution in [2.45, 2.75) is 26.5 Å². The van der Waals surface area contributed by atoms with Crippen LogP contribution in [0.25, 0.3) is 6.08 Å². The highest BCUT2D eigenvalue weighted by Crippen LogP contribution is 2.35. The van der Waals surface area contributed by atoms with Crippen LogP contribution in [0.1, 0.15) is 36.6 Å². The number of hydrogen-bond donors (Lipinski definition) is 0. The molecule has 0 saturated carbocycles. The number of thiazole rings is 1. The number of para-hydroxylation sites is 1. The van der Waals surface area contributed by atoms with Gasteiger partial charge in [-0.25, -0.2) is 9.79 Å². The van der Waals surface area contributed by atoms with Crippen LogP contribution in [0.3, 0.4) is 0 Å². The third kappa shape index (κ3) is 5.46. The minimum Gasteiger partial charge on any atom is -0.496 e. The van der Waals surface area contributed by atoms with E-state index in [4.69, 9.17) is 25.8 Å². The van der Waals surface area contributed by atoms with E-state index in [1.54, 1.807) is 31.6 Å². The Balaban J connectivity index is 1.52. The molecule has 2 heterocycles. The first kappa shape index (κ1) is 27.4. The molecule has 1 atom stereocenters. The summed E-state index contributed by atoms with van der Waals surface area (Å²) in [6.45, 7) is 4.06. The minimum absolute atomic E-state index is 0.205. The second-order valence-electron chi connectivity index (χ2n) is 8.99.